The van der Waals surface area contributed by atoms with E-state index >= 15 is 0 Å². The molecule has 0 bridgehead atoms. The minimum atomic E-state index is -0.481. The van der Waals surface area contributed by atoms with Crippen molar-refractivity contribution in [2.24, 2.45) is 11.7 Å². The second-order valence-electron chi connectivity index (χ2n) is 2.18. The van der Waals surface area contributed by atoms with Gasteiger partial charge in [-0.1, -0.05) is 20.4 Å². The molecule has 0 aromatic rings. The van der Waals surface area contributed by atoms with Crippen molar-refractivity contribution in [3.8, 4) is 0 Å². The highest BCUT2D eigenvalue weighted by Gasteiger charge is 1.81. The number of nitrogens with two attached hydrogens (primary N) is 1. The van der Waals surface area contributed by atoms with Crippen LogP contribution in [0.25, 0.3) is 0 Å². The number of carbonyl (C=O) groups excluding carboxylic acids is 1. The number of rotatable bonds is 2. The van der Waals surface area contributed by atoms with Gasteiger partial charge in [-0.2, -0.15) is 0 Å². The van der Waals surface area contributed by atoms with E-state index in [-0.39, 0.29) is 0 Å². The maximum atomic E-state index is 9.47. The van der Waals surface area contributed by atoms with Gasteiger partial charge in [0.1, 0.15) is 0 Å². The van der Waals surface area contributed by atoms with E-state index in [4.69, 9.17) is 5.11 Å². The molecule has 0 spiro atoms. The van der Waals surface area contributed by atoms with Gasteiger partial charge in [0.15, 0.2) is 0 Å². The van der Waals surface area contributed by atoms with Gasteiger partial charge < -0.3 is 10.8 Å². The number of carbonyl (C=O) groups is 1. The molecule has 0 aliphatic rings. The standard InChI is InChI=1S/C4H10O.C3H5NO/c1-4(2)3-5;1-2-3(4)5/h4-5H,3H2,1-2H3;2H,1H2,(H2,4,5). The number of hydrogen-bond acceptors (Lipinski definition) is 2. The Morgan fingerprint density at radius 3 is 2.00 bits per heavy atom. The van der Waals surface area contributed by atoms with Crippen molar-refractivity contribution in [1.29, 1.82) is 0 Å². The third kappa shape index (κ3) is 27.2. The third-order valence-corrected chi connectivity index (χ3v) is 0.566. The van der Waals surface area contributed by atoms with Crippen LogP contribution in [-0.2, 0) is 4.79 Å². The zero-order valence-electron chi connectivity index (χ0n) is 6.50. The normalized spacial score (nSPS) is 8.00. The van der Waals surface area contributed by atoms with Crippen molar-refractivity contribution >= 4 is 5.91 Å². The van der Waals surface area contributed by atoms with Crippen LogP contribution >= 0.6 is 0 Å². The lowest BCUT2D eigenvalue weighted by molar-refractivity contribution is -0.113. The first-order chi connectivity index (χ1) is 4.54. The SMILES string of the molecule is C=CC(N)=O.CC(C)CO. The summed E-state index contributed by atoms with van der Waals surface area (Å²) in [7, 11) is 0. The Hall–Kier alpha value is -0.830. The largest absolute Gasteiger partial charge is 0.396 e. The summed E-state index contributed by atoms with van der Waals surface area (Å²) in [5.41, 5.74) is 4.53. The van der Waals surface area contributed by atoms with Crippen LogP contribution in [0.4, 0.5) is 0 Å². The molecule has 0 aliphatic carbocycles. The van der Waals surface area contributed by atoms with E-state index in [2.05, 4.69) is 12.3 Å². The first-order valence-corrected chi connectivity index (χ1v) is 3.07. The maximum absolute atomic E-state index is 9.47. The van der Waals surface area contributed by atoms with Gasteiger partial charge in [0, 0.05) is 6.61 Å². The summed E-state index contributed by atoms with van der Waals surface area (Å²) in [4.78, 5) is 9.47. The fourth-order valence-electron chi connectivity index (χ4n) is 0. The molecule has 3 N–H and O–H groups in total. The van der Waals surface area contributed by atoms with Crippen LogP contribution in [-0.4, -0.2) is 17.6 Å². The van der Waals surface area contributed by atoms with Crippen LogP contribution < -0.4 is 5.73 Å². The van der Waals surface area contributed by atoms with Crippen molar-refractivity contribution in [3.05, 3.63) is 12.7 Å². The van der Waals surface area contributed by atoms with Crippen molar-refractivity contribution in [1.82, 2.24) is 0 Å². The molecule has 0 radical (unpaired) electrons. The van der Waals surface area contributed by atoms with E-state index in [0.717, 1.165) is 6.08 Å². The Labute approximate surface area is 61.5 Å². The van der Waals surface area contributed by atoms with E-state index in [1.54, 1.807) is 0 Å². The lowest BCUT2D eigenvalue weighted by atomic mass is 10.2. The van der Waals surface area contributed by atoms with E-state index in [1.807, 2.05) is 13.8 Å². The first-order valence-electron chi connectivity index (χ1n) is 3.07. The molecule has 3 heteroatoms. The average Bonchev–Trinajstić information content (AvgIpc) is 1.89. The fraction of sp³-hybridized carbons (Fsp3) is 0.571. The lowest BCUT2D eigenvalue weighted by Gasteiger charge is -1.90. The Morgan fingerprint density at radius 2 is 2.00 bits per heavy atom. The molecule has 1 amide bonds. The molecular weight excluding hydrogens is 130 g/mol. The van der Waals surface area contributed by atoms with Gasteiger partial charge in [-0.05, 0) is 12.0 Å². The van der Waals surface area contributed by atoms with Crippen LogP contribution in [0.5, 0.6) is 0 Å². The number of amides is 1. The van der Waals surface area contributed by atoms with Crippen LogP contribution in [0.3, 0.4) is 0 Å². The van der Waals surface area contributed by atoms with Gasteiger partial charge in [0.2, 0.25) is 5.91 Å². The summed E-state index contributed by atoms with van der Waals surface area (Å²) in [5.74, 6) is -0.0417. The molecule has 60 valence electrons. The van der Waals surface area contributed by atoms with Crippen molar-refractivity contribution in [3.63, 3.8) is 0 Å². The highest BCUT2D eigenvalue weighted by Crippen LogP contribution is 1.83. The van der Waals surface area contributed by atoms with Crippen LogP contribution in [0.1, 0.15) is 13.8 Å². The summed E-state index contributed by atoms with van der Waals surface area (Å²) in [6.07, 6.45) is 1.06. The predicted octanol–water partition coefficient (Wildman–Crippen LogP) is 0.292. The zero-order chi connectivity index (χ0) is 8.57. The molecular formula is C7H15NO2. The molecule has 3 nitrogen and oxygen atoms in total. The number of hydrogen-bond donors (Lipinski definition) is 2. The summed E-state index contributed by atoms with van der Waals surface area (Å²) >= 11 is 0. The second-order valence-corrected chi connectivity index (χ2v) is 2.18. The minimum Gasteiger partial charge on any atom is -0.396 e. The zero-order valence-corrected chi connectivity index (χ0v) is 6.50. The second kappa shape index (κ2) is 8.17. The Kier molecular flexibility index (Phi) is 9.73. The van der Waals surface area contributed by atoms with Gasteiger partial charge in [-0.25, -0.2) is 0 Å². The number of primary amides is 1. The molecule has 0 fully saturated rings. The van der Waals surface area contributed by atoms with Gasteiger partial charge >= 0.3 is 0 Å². The first kappa shape index (κ1) is 11.9. The van der Waals surface area contributed by atoms with Crippen LogP contribution in [0, 0.1) is 5.92 Å². The Bertz CT molecular complexity index is 99.8. The van der Waals surface area contributed by atoms with E-state index in [1.165, 1.54) is 0 Å². The summed E-state index contributed by atoms with van der Waals surface area (Å²) in [5, 5.41) is 8.14. The minimum absolute atomic E-state index is 0.306. The number of aliphatic hydroxyl groups excluding tert-OH is 1. The van der Waals surface area contributed by atoms with E-state index in [0.29, 0.717) is 12.5 Å². The molecule has 0 atom stereocenters. The molecule has 0 rings (SSSR count). The lowest BCUT2D eigenvalue weighted by Crippen LogP contribution is -2.04. The van der Waals surface area contributed by atoms with E-state index < -0.39 is 5.91 Å². The smallest absolute Gasteiger partial charge is 0.240 e. The summed E-state index contributed by atoms with van der Waals surface area (Å²) in [6.45, 7) is 7.34. The van der Waals surface area contributed by atoms with Gasteiger partial charge in [0.25, 0.3) is 0 Å². The molecule has 0 saturated carbocycles. The van der Waals surface area contributed by atoms with Crippen LogP contribution in [0.15, 0.2) is 12.7 Å². The average molecular weight is 145 g/mol. The van der Waals surface area contributed by atoms with Crippen LogP contribution in [0.2, 0.25) is 0 Å². The van der Waals surface area contributed by atoms with E-state index in [9.17, 15) is 4.79 Å². The van der Waals surface area contributed by atoms with Crippen molar-refractivity contribution in [2.75, 3.05) is 6.61 Å². The Morgan fingerprint density at radius 1 is 1.80 bits per heavy atom. The topological polar surface area (TPSA) is 63.3 Å². The predicted molar refractivity (Wildman–Crippen MR) is 41.3 cm³/mol. The third-order valence-electron chi connectivity index (χ3n) is 0.566. The molecule has 10 heavy (non-hydrogen) atoms. The fourth-order valence-corrected chi connectivity index (χ4v) is 0. The maximum Gasteiger partial charge on any atom is 0.240 e. The van der Waals surface area contributed by atoms with Gasteiger partial charge in [-0.3, -0.25) is 4.79 Å². The number of aliphatic hydroxyl groups is 1. The van der Waals surface area contributed by atoms with Gasteiger partial charge in [0.05, 0.1) is 0 Å². The quantitative estimate of drug-likeness (QED) is 0.549. The monoisotopic (exact) mass is 145 g/mol. The highest BCUT2D eigenvalue weighted by molar-refractivity contribution is 5.84. The molecule has 0 aromatic heterocycles. The van der Waals surface area contributed by atoms with Crippen molar-refractivity contribution < 1.29 is 9.90 Å². The molecule has 0 aliphatic heterocycles. The summed E-state index contributed by atoms with van der Waals surface area (Å²) in [6, 6.07) is 0. The highest BCUT2D eigenvalue weighted by atomic mass is 16.3. The molecule has 0 heterocycles. The van der Waals surface area contributed by atoms with Gasteiger partial charge in [-0.15, -0.1) is 0 Å². The molecule has 0 unspecified atom stereocenters. The van der Waals surface area contributed by atoms with Crippen molar-refractivity contribution in [2.45, 2.75) is 13.8 Å². The molecule has 0 aromatic carbocycles. The summed E-state index contributed by atoms with van der Waals surface area (Å²) < 4.78 is 0. The molecule has 0 saturated heterocycles. The Balaban J connectivity index is 0.